The third kappa shape index (κ3) is 4.18. The van der Waals surface area contributed by atoms with Gasteiger partial charge >= 0.3 is 5.97 Å². The third-order valence-corrected chi connectivity index (χ3v) is 5.73. The van der Waals surface area contributed by atoms with Crippen LogP contribution in [0.25, 0.3) is 6.08 Å². The minimum atomic E-state index is -0.383. The van der Waals surface area contributed by atoms with Gasteiger partial charge in [-0.2, -0.15) is 0 Å². The van der Waals surface area contributed by atoms with E-state index < -0.39 is 0 Å². The van der Waals surface area contributed by atoms with Crippen molar-refractivity contribution in [3.63, 3.8) is 0 Å². The molecule has 34 heavy (non-hydrogen) atoms. The van der Waals surface area contributed by atoms with E-state index in [9.17, 15) is 9.59 Å². The number of methoxy groups -OCH3 is 1. The minimum absolute atomic E-state index is 0.174. The number of hydrogen-bond donors (Lipinski definition) is 0. The molecule has 0 aliphatic carbocycles. The van der Waals surface area contributed by atoms with E-state index in [0.717, 1.165) is 22.4 Å². The van der Waals surface area contributed by atoms with Crippen LogP contribution in [0.3, 0.4) is 0 Å². The monoisotopic (exact) mass is 454 g/mol. The fourth-order valence-corrected chi connectivity index (χ4v) is 3.85. The molecule has 0 saturated carbocycles. The van der Waals surface area contributed by atoms with Crippen molar-refractivity contribution in [2.24, 2.45) is 0 Å². The molecule has 6 heteroatoms. The predicted molar refractivity (Wildman–Crippen MR) is 126 cm³/mol. The molecule has 3 aromatic rings. The second-order valence-corrected chi connectivity index (χ2v) is 8.02. The van der Waals surface area contributed by atoms with Crippen molar-refractivity contribution < 1.29 is 28.5 Å². The van der Waals surface area contributed by atoms with Gasteiger partial charge in [0.15, 0.2) is 5.76 Å². The number of para-hydroxylation sites is 1. The van der Waals surface area contributed by atoms with Crippen LogP contribution in [0.15, 0.2) is 84.1 Å². The quantitative estimate of drug-likeness (QED) is 0.381. The van der Waals surface area contributed by atoms with Gasteiger partial charge in [-0.3, -0.25) is 4.79 Å². The molecule has 0 amide bonds. The highest BCUT2D eigenvalue weighted by molar-refractivity contribution is 6.12. The van der Waals surface area contributed by atoms with Crippen molar-refractivity contribution in [3.05, 3.63) is 106 Å². The van der Waals surface area contributed by atoms with E-state index in [4.69, 9.17) is 18.9 Å². The predicted octanol–water partition coefficient (Wildman–Crippen LogP) is 5.38. The van der Waals surface area contributed by atoms with Gasteiger partial charge in [0, 0.05) is 11.6 Å². The first-order valence-corrected chi connectivity index (χ1v) is 10.9. The van der Waals surface area contributed by atoms with Crippen LogP contribution in [0.1, 0.15) is 38.8 Å². The molecule has 6 nitrogen and oxygen atoms in total. The fourth-order valence-electron chi connectivity index (χ4n) is 3.85. The van der Waals surface area contributed by atoms with Gasteiger partial charge in [-0.1, -0.05) is 30.3 Å². The summed E-state index contributed by atoms with van der Waals surface area (Å²) in [6.45, 7) is 2.24. The number of carbonyl (C=O) groups is 2. The van der Waals surface area contributed by atoms with Gasteiger partial charge in [-0.25, -0.2) is 4.79 Å². The molecule has 2 aliphatic heterocycles. The normalized spacial score (nSPS) is 17.2. The summed E-state index contributed by atoms with van der Waals surface area (Å²) in [5.41, 5.74) is 3.69. The number of allylic oxidation sites excluding steroid dienone is 1. The van der Waals surface area contributed by atoms with E-state index in [1.807, 2.05) is 37.3 Å². The lowest BCUT2D eigenvalue weighted by Gasteiger charge is -2.22. The molecule has 0 saturated heterocycles. The van der Waals surface area contributed by atoms with Crippen molar-refractivity contribution in [1.29, 1.82) is 0 Å². The van der Waals surface area contributed by atoms with Crippen molar-refractivity contribution in [2.45, 2.75) is 19.6 Å². The number of benzene rings is 3. The SMILES string of the molecule is COC(=O)c1ccc(COc2ccc3c(c2)O/C(=C\C2=Cc4ccccc4O[C@H]2C)C3=O)cc1. The second kappa shape index (κ2) is 8.90. The molecule has 0 aromatic heterocycles. The van der Waals surface area contributed by atoms with E-state index >= 15 is 0 Å². The van der Waals surface area contributed by atoms with Crippen molar-refractivity contribution >= 4 is 17.8 Å². The molecular formula is C28H22O6. The lowest BCUT2D eigenvalue weighted by Crippen LogP contribution is -2.18. The first kappa shape index (κ1) is 21.5. The zero-order valence-electron chi connectivity index (χ0n) is 18.7. The molecule has 0 unspecified atom stereocenters. The highest BCUT2D eigenvalue weighted by Gasteiger charge is 2.29. The standard InChI is InChI=1S/C28H22O6/c1-17-21(13-20-5-3-4-6-24(20)33-17)14-26-27(29)23-12-11-22(15-25(23)34-26)32-16-18-7-9-19(10-8-18)28(30)31-2/h3-15,17H,16H2,1-2H3/b26-14-/t17-/m0/s1. The summed E-state index contributed by atoms with van der Waals surface area (Å²) in [6.07, 6.45) is 3.55. The molecule has 0 radical (unpaired) electrons. The molecule has 0 fully saturated rings. The maximum absolute atomic E-state index is 12.9. The van der Waals surface area contributed by atoms with Crippen LogP contribution in [0.5, 0.6) is 17.2 Å². The number of Topliss-reactive ketones (excluding diaryl/α,β-unsaturated/α-hetero) is 1. The summed E-state index contributed by atoms with van der Waals surface area (Å²) in [4.78, 5) is 24.4. The van der Waals surface area contributed by atoms with Crippen molar-refractivity contribution in [2.75, 3.05) is 7.11 Å². The Hall–Kier alpha value is -4.32. The lowest BCUT2D eigenvalue weighted by molar-refractivity contribution is 0.0600. The molecule has 3 aromatic carbocycles. The third-order valence-electron chi connectivity index (χ3n) is 5.73. The molecular weight excluding hydrogens is 432 g/mol. The first-order valence-electron chi connectivity index (χ1n) is 10.9. The number of ketones is 1. The average molecular weight is 454 g/mol. The summed E-state index contributed by atoms with van der Waals surface area (Å²) in [5.74, 6) is 1.55. The molecule has 2 aliphatic rings. The fraction of sp³-hybridized carbons (Fsp3) is 0.143. The summed E-state index contributed by atoms with van der Waals surface area (Å²) in [5, 5.41) is 0. The van der Waals surface area contributed by atoms with Gasteiger partial charge in [0.1, 0.15) is 30.0 Å². The zero-order chi connectivity index (χ0) is 23.7. The number of rotatable bonds is 5. The maximum Gasteiger partial charge on any atom is 0.337 e. The van der Waals surface area contributed by atoms with E-state index in [0.29, 0.717) is 29.2 Å². The van der Waals surface area contributed by atoms with Gasteiger partial charge in [0.2, 0.25) is 5.78 Å². The maximum atomic E-state index is 12.9. The Labute approximate surface area is 197 Å². The van der Waals surface area contributed by atoms with E-state index in [1.165, 1.54) is 7.11 Å². The number of ether oxygens (including phenoxy) is 4. The van der Waals surface area contributed by atoms with E-state index in [2.05, 4.69) is 0 Å². The Bertz CT molecular complexity index is 1330. The van der Waals surface area contributed by atoms with Gasteiger partial charge in [-0.05, 0) is 60.5 Å². The number of esters is 1. The van der Waals surface area contributed by atoms with Gasteiger partial charge in [0.25, 0.3) is 0 Å². The van der Waals surface area contributed by atoms with Gasteiger partial charge in [0.05, 0.1) is 18.2 Å². The summed E-state index contributed by atoms with van der Waals surface area (Å²) in [6, 6.07) is 19.9. The van der Waals surface area contributed by atoms with E-state index in [1.54, 1.807) is 48.5 Å². The summed E-state index contributed by atoms with van der Waals surface area (Å²) in [7, 11) is 1.35. The molecule has 0 N–H and O–H groups in total. The largest absolute Gasteiger partial charge is 0.489 e. The zero-order valence-corrected chi connectivity index (χ0v) is 18.7. The Kier molecular flexibility index (Phi) is 5.64. The minimum Gasteiger partial charge on any atom is -0.489 e. The Balaban J connectivity index is 1.30. The second-order valence-electron chi connectivity index (χ2n) is 8.02. The molecule has 1 atom stereocenters. The van der Waals surface area contributed by atoms with Crippen LogP contribution in [-0.4, -0.2) is 25.0 Å². The van der Waals surface area contributed by atoms with Gasteiger partial charge in [-0.15, -0.1) is 0 Å². The Morgan fingerprint density at radius 2 is 1.82 bits per heavy atom. The van der Waals surface area contributed by atoms with Crippen LogP contribution in [-0.2, 0) is 11.3 Å². The number of fused-ring (bicyclic) bond motifs is 2. The lowest BCUT2D eigenvalue weighted by atomic mass is 10.0. The summed E-state index contributed by atoms with van der Waals surface area (Å²) >= 11 is 0. The number of carbonyl (C=O) groups excluding carboxylic acids is 2. The van der Waals surface area contributed by atoms with Crippen molar-refractivity contribution in [3.8, 4) is 17.2 Å². The Morgan fingerprint density at radius 1 is 1.03 bits per heavy atom. The van der Waals surface area contributed by atoms with Crippen LogP contribution in [0.4, 0.5) is 0 Å². The smallest absolute Gasteiger partial charge is 0.337 e. The van der Waals surface area contributed by atoms with Crippen molar-refractivity contribution in [1.82, 2.24) is 0 Å². The highest BCUT2D eigenvalue weighted by atomic mass is 16.5. The number of hydrogen-bond acceptors (Lipinski definition) is 6. The van der Waals surface area contributed by atoms with Crippen LogP contribution >= 0.6 is 0 Å². The van der Waals surface area contributed by atoms with E-state index in [-0.39, 0.29) is 23.6 Å². The van der Waals surface area contributed by atoms with Gasteiger partial charge < -0.3 is 18.9 Å². The topological polar surface area (TPSA) is 71.1 Å². The average Bonchev–Trinajstić information content (AvgIpc) is 3.17. The molecule has 0 bridgehead atoms. The highest BCUT2D eigenvalue weighted by Crippen LogP contribution is 2.36. The molecule has 2 heterocycles. The molecule has 5 rings (SSSR count). The molecule has 170 valence electrons. The molecule has 0 spiro atoms. The summed E-state index contributed by atoms with van der Waals surface area (Å²) < 4.78 is 22.4. The Morgan fingerprint density at radius 3 is 2.62 bits per heavy atom. The van der Waals surface area contributed by atoms with Crippen LogP contribution < -0.4 is 14.2 Å². The van der Waals surface area contributed by atoms with Crippen LogP contribution in [0, 0.1) is 0 Å². The van der Waals surface area contributed by atoms with Crippen LogP contribution in [0.2, 0.25) is 0 Å². The first-order chi connectivity index (χ1) is 16.5.